The molecule has 1 saturated heterocycles. The van der Waals surface area contributed by atoms with Crippen molar-refractivity contribution in [2.24, 2.45) is 5.92 Å². The summed E-state index contributed by atoms with van der Waals surface area (Å²) in [6.07, 6.45) is 10.0. The average molecular weight is 389 g/mol. The standard InChI is InChI=1S/C23H28N6/c1-2-21-25-15-19(16-26-21)17-29-12-9-18(10-13-29)14-20-6-5-8-23(27-20)28-22-7-3-4-11-24-22/h3-8,11,15-16,18H,2,9-10,12-14,17H2,1H3,(H,24,27,28). The van der Waals surface area contributed by atoms with Crippen molar-refractivity contribution in [3.05, 3.63) is 72.1 Å². The molecule has 4 rings (SSSR count). The Morgan fingerprint density at radius 2 is 1.76 bits per heavy atom. The molecule has 0 aliphatic carbocycles. The number of nitrogens with zero attached hydrogens (tertiary/aromatic N) is 5. The Morgan fingerprint density at radius 1 is 0.966 bits per heavy atom. The molecular weight excluding hydrogens is 360 g/mol. The zero-order valence-corrected chi connectivity index (χ0v) is 17.0. The van der Waals surface area contributed by atoms with Gasteiger partial charge in [-0.2, -0.15) is 0 Å². The molecule has 6 nitrogen and oxygen atoms in total. The van der Waals surface area contributed by atoms with E-state index in [1.807, 2.05) is 36.7 Å². The third-order valence-electron chi connectivity index (χ3n) is 5.41. The van der Waals surface area contributed by atoms with E-state index in [2.05, 4.69) is 44.2 Å². The van der Waals surface area contributed by atoms with Crippen molar-refractivity contribution in [2.45, 2.75) is 39.2 Å². The molecule has 1 aliphatic rings. The molecule has 3 aromatic rings. The fraction of sp³-hybridized carbons (Fsp3) is 0.391. The molecule has 29 heavy (non-hydrogen) atoms. The van der Waals surface area contributed by atoms with Crippen LogP contribution >= 0.6 is 0 Å². The smallest absolute Gasteiger partial charge is 0.131 e. The predicted octanol–water partition coefficient (Wildman–Crippen LogP) is 4.03. The van der Waals surface area contributed by atoms with Crippen LogP contribution in [-0.2, 0) is 19.4 Å². The number of anilines is 2. The molecule has 0 saturated carbocycles. The first-order chi connectivity index (χ1) is 14.3. The van der Waals surface area contributed by atoms with Crippen LogP contribution in [0.1, 0.15) is 36.8 Å². The van der Waals surface area contributed by atoms with E-state index in [-0.39, 0.29) is 0 Å². The number of hydrogen-bond acceptors (Lipinski definition) is 6. The van der Waals surface area contributed by atoms with E-state index in [0.29, 0.717) is 5.92 Å². The molecule has 6 heteroatoms. The lowest BCUT2D eigenvalue weighted by atomic mass is 9.92. The molecular formula is C23H28N6. The maximum atomic E-state index is 4.78. The van der Waals surface area contributed by atoms with Crippen LogP contribution in [0.4, 0.5) is 11.6 Å². The van der Waals surface area contributed by atoms with Crippen molar-refractivity contribution in [1.29, 1.82) is 0 Å². The maximum absolute atomic E-state index is 4.78. The van der Waals surface area contributed by atoms with Gasteiger partial charge in [0.2, 0.25) is 0 Å². The highest BCUT2D eigenvalue weighted by Crippen LogP contribution is 2.23. The number of pyridine rings is 2. The fourth-order valence-electron chi connectivity index (χ4n) is 3.78. The Bertz CT molecular complexity index is 889. The summed E-state index contributed by atoms with van der Waals surface area (Å²) < 4.78 is 0. The van der Waals surface area contributed by atoms with E-state index < -0.39 is 0 Å². The Morgan fingerprint density at radius 3 is 2.48 bits per heavy atom. The van der Waals surface area contributed by atoms with Gasteiger partial charge in [-0.05, 0) is 62.5 Å². The van der Waals surface area contributed by atoms with Crippen molar-refractivity contribution in [3.63, 3.8) is 0 Å². The second-order valence-corrected chi connectivity index (χ2v) is 7.64. The average Bonchev–Trinajstić information content (AvgIpc) is 2.77. The lowest BCUT2D eigenvalue weighted by Crippen LogP contribution is -2.34. The quantitative estimate of drug-likeness (QED) is 0.659. The molecule has 0 bridgehead atoms. The van der Waals surface area contributed by atoms with Crippen molar-refractivity contribution >= 4 is 11.6 Å². The number of aromatic nitrogens is 4. The Hall–Kier alpha value is -2.86. The van der Waals surface area contributed by atoms with Crippen LogP contribution in [0.15, 0.2) is 55.0 Å². The van der Waals surface area contributed by atoms with Gasteiger partial charge in [0.15, 0.2) is 0 Å². The van der Waals surface area contributed by atoms with Gasteiger partial charge in [0.05, 0.1) is 0 Å². The summed E-state index contributed by atoms with van der Waals surface area (Å²) in [7, 11) is 0. The second kappa shape index (κ2) is 9.56. The summed E-state index contributed by atoms with van der Waals surface area (Å²) in [6.45, 7) is 5.26. The van der Waals surface area contributed by atoms with Gasteiger partial charge in [0.25, 0.3) is 0 Å². The summed E-state index contributed by atoms with van der Waals surface area (Å²) in [5.41, 5.74) is 2.35. The van der Waals surface area contributed by atoms with Crippen LogP contribution < -0.4 is 5.32 Å². The van der Waals surface area contributed by atoms with E-state index in [9.17, 15) is 0 Å². The number of rotatable bonds is 7. The Balaban J connectivity index is 1.27. The summed E-state index contributed by atoms with van der Waals surface area (Å²) in [5, 5.41) is 3.28. The minimum absolute atomic E-state index is 0.683. The van der Waals surface area contributed by atoms with Gasteiger partial charge in [0, 0.05) is 42.8 Å². The van der Waals surface area contributed by atoms with Crippen LogP contribution in [0.3, 0.4) is 0 Å². The lowest BCUT2D eigenvalue weighted by Gasteiger charge is -2.31. The summed E-state index contributed by atoms with van der Waals surface area (Å²) in [4.78, 5) is 20.4. The van der Waals surface area contributed by atoms with Crippen LogP contribution in [0.5, 0.6) is 0 Å². The molecule has 0 aromatic carbocycles. The highest BCUT2D eigenvalue weighted by Gasteiger charge is 2.20. The fourth-order valence-corrected chi connectivity index (χ4v) is 3.78. The normalized spacial score (nSPS) is 15.3. The summed E-state index contributed by atoms with van der Waals surface area (Å²) >= 11 is 0. The van der Waals surface area contributed by atoms with E-state index >= 15 is 0 Å². The summed E-state index contributed by atoms with van der Waals surface area (Å²) in [6, 6.07) is 12.0. The monoisotopic (exact) mass is 388 g/mol. The maximum Gasteiger partial charge on any atom is 0.131 e. The molecule has 0 spiro atoms. The van der Waals surface area contributed by atoms with Crippen molar-refractivity contribution in [3.8, 4) is 0 Å². The summed E-state index contributed by atoms with van der Waals surface area (Å²) in [5.74, 6) is 3.28. The first-order valence-corrected chi connectivity index (χ1v) is 10.4. The van der Waals surface area contributed by atoms with Crippen molar-refractivity contribution < 1.29 is 0 Å². The first-order valence-electron chi connectivity index (χ1n) is 10.4. The first kappa shape index (κ1) is 19.5. The Kier molecular flexibility index (Phi) is 6.42. The van der Waals surface area contributed by atoms with Gasteiger partial charge >= 0.3 is 0 Å². The van der Waals surface area contributed by atoms with Crippen LogP contribution in [0, 0.1) is 5.92 Å². The molecule has 4 heterocycles. The van der Waals surface area contributed by atoms with Crippen molar-refractivity contribution in [1.82, 2.24) is 24.8 Å². The zero-order chi connectivity index (χ0) is 19.9. The van der Waals surface area contributed by atoms with E-state index in [1.165, 1.54) is 18.4 Å². The van der Waals surface area contributed by atoms with Crippen LogP contribution in [0.2, 0.25) is 0 Å². The van der Waals surface area contributed by atoms with Gasteiger partial charge < -0.3 is 5.32 Å². The third-order valence-corrected chi connectivity index (χ3v) is 5.41. The van der Waals surface area contributed by atoms with Gasteiger partial charge in [-0.1, -0.05) is 19.1 Å². The number of aryl methyl sites for hydroxylation is 1. The molecule has 0 amide bonds. The molecule has 0 radical (unpaired) electrons. The molecule has 0 unspecified atom stereocenters. The molecule has 1 N–H and O–H groups in total. The number of likely N-dealkylation sites (tertiary alicyclic amines) is 1. The molecule has 0 atom stereocenters. The highest BCUT2D eigenvalue weighted by molar-refractivity contribution is 5.51. The largest absolute Gasteiger partial charge is 0.325 e. The Labute approximate surface area is 172 Å². The molecule has 1 aliphatic heterocycles. The molecule has 1 fully saturated rings. The minimum Gasteiger partial charge on any atom is -0.325 e. The van der Waals surface area contributed by atoms with Crippen LogP contribution in [0.25, 0.3) is 0 Å². The van der Waals surface area contributed by atoms with E-state index in [4.69, 9.17) is 4.98 Å². The lowest BCUT2D eigenvalue weighted by molar-refractivity contribution is 0.176. The van der Waals surface area contributed by atoms with E-state index in [1.54, 1.807) is 6.20 Å². The van der Waals surface area contributed by atoms with Gasteiger partial charge in [-0.25, -0.2) is 19.9 Å². The number of piperidine rings is 1. The number of nitrogens with one attached hydrogen (secondary N) is 1. The minimum atomic E-state index is 0.683. The van der Waals surface area contributed by atoms with E-state index in [0.717, 1.165) is 55.6 Å². The third kappa shape index (κ3) is 5.57. The topological polar surface area (TPSA) is 66.8 Å². The SMILES string of the molecule is CCc1ncc(CN2CCC(Cc3cccc(Nc4ccccn4)n3)CC2)cn1. The van der Waals surface area contributed by atoms with Gasteiger partial charge in [-0.15, -0.1) is 0 Å². The number of hydrogen-bond donors (Lipinski definition) is 1. The molecule has 3 aromatic heterocycles. The van der Waals surface area contributed by atoms with Gasteiger partial charge in [0.1, 0.15) is 17.5 Å². The highest BCUT2D eigenvalue weighted by atomic mass is 15.1. The second-order valence-electron chi connectivity index (χ2n) is 7.64. The van der Waals surface area contributed by atoms with Gasteiger partial charge in [-0.3, -0.25) is 4.90 Å². The molecule has 150 valence electrons. The zero-order valence-electron chi connectivity index (χ0n) is 17.0. The van der Waals surface area contributed by atoms with Crippen LogP contribution in [-0.4, -0.2) is 37.9 Å². The van der Waals surface area contributed by atoms with Crippen molar-refractivity contribution in [2.75, 3.05) is 18.4 Å². The predicted molar refractivity (Wildman–Crippen MR) is 115 cm³/mol.